The molecule has 2 unspecified atom stereocenters. The highest BCUT2D eigenvalue weighted by Gasteiger charge is 2.39. The highest BCUT2D eigenvalue weighted by atomic mass is 32.2. The Morgan fingerprint density at radius 3 is 2.65 bits per heavy atom. The van der Waals surface area contributed by atoms with Gasteiger partial charge in [0.15, 0.2) is 0 Å². The van der Waals surface area contributed by atoms with Crippen LogP contribution in [0.3, 0.4) is 0 Å². The molecular formula is C13H22N4O2S. The lowest BCUT2D eigenvalue weighted by atomic mass is 10.1. The number of hydrogen-bond donors (Lipinski definition) is 1. The SMILES string of the molecule is CNc1ncccc1S(=O)(=O)N1CC(C)C(N(C)C)C1. The smallest absolute Gasteiger partial charge is 0.246 e. The third-order valence-corrected chi connectivity index (χ3v) is 5.69. The summed E-state index contributed by atoms with van der Waals surface area (Å²) in [6.07, 6.45) is 1.58. The van der Waals surface area contributed by atoms with E-state index in [0.717, 1.165) is 0 Å². The third kappa shape index (κ3) is 2.65. The maximum atomic E-state index is 12.8. The van der Waals surface area contributed by atoms with Crippen LogP contribution in [0.25, 0.3) is 0 Å². The minimum Gasteiger partial charge on any atom is -0.372 e. The molecule has 1 aromatic rings. The Balaban J connectivity index is 2.33. The first-order valence-corrected chi connectivity index (χ1v) is 8.11. The van der Waals surface area contributed by atoms with Crippen LogP contribution in [0, 0.1) is 5.92 Å². The Morgan fingerprint density at radius 1 is 1.40 bits per heavy atom. The molecule has 6 nitrogen and oxygen atoms in total. The largest absolute Gasteiger partial charge is 0.372 e. The minimum atomic E-state index is -3.50. The van der Waals surface area contributed by atoms with E-state index in [9.17, 15) is 8.42 Å². The molecule has 1 aromatic heterocycles. The van der Waals surface area contributed by atoms with Gasteiger partial charge in [0.05, 0.1) is 0 Å². The number of sulfonamides is 1. The average molecular weight is 298 g/mol. The van der Waals surface area contributed by atoms with Gasteiger partial charge in [-0.05, 0) is 32.1 Å². The van der Waals surface area contributed by atoms with Gasteiger partial charge >= 0.3 is 0 Å². The van der Waals surface area contributed by atoms with Crippen LogP contribution in [-0.4, -0.2) is 62.9 Å². The molecule has 112 valence electrons. The Bertz CT molecular complexity index is 573. The number of nitrogens with one attached hydrogen (secondary N) is 1. The van der Waals surface area contributed by atoms with Crippen LogP contribution in [-0.2, 0) is 10.0 Å². The van der Waals surface area contributed by atoms with Crippen molar-refractivity contribution in [3.8, 4) is 0 Å². The maximum absolute atomic E-state index is 12.8. The standard InChI is InChI=1S/C13H22N4O2S/c1-10-8-17(9-11(10)16(3)4)20(18,19)12-6-5-7-15-13(12)14-2/h5-7,10-11H,8-9H2,1-4H3,(H,14,15). The zero-order valence-corrected chi connectivity index (χ0v) is 13.2. The van der Waals surface area contributed by atoms with Gasteiger partial charge in [0.25, 0.3) is 0 Å². The van der Waals surface area contributed by atoms with Crippen molar-refractivity contribution in [1.29, 1.82) is 0 Å². The van der Waals surface area contributed by atoms with Crippen molar-refractivity contribution in [2.24, 2.45) is 5.92 Å². The molecule has 0 spiro atoms. The van der Waals surface area contributed by atoms with Gasteiger partial charge in [-0.25, -0.2) is 13.4 Å². The Labute approximate surface area is 120 Å². The predicted octanol–water partition coefficient (Wildman–Crippen LogP) is 0.694. The first-order valence-electron chi connectivity index (χ1n) is 6.67. The van der Waals surface area contributed by atoms with Crippen LogP contribution in [0.2, 0.25) is 0 Å². The number of hydrogen-bond acceptors (Lipinski definition) is 5. The normalized spacial score (nSPS) is 24.2. The summed E-state index contributed by atoms with van der Waals surface area (Å²) in [6, 6.07) is 3.50. The number of rotatable bonds is 4. The molecule has 1 aliphatic rings. The summed E-state index contributed by atoms with van der Waals surface area (Å²) >= 11 is 0. The molecule has 20 heavy (non-hydrogen) atoms. The fourth-order valence-electron chi connectivity index (χ4n) is 2.70. The molecule has 1 N–H and O–H groups in total. The second-order valence-corrected chi connectivity index (χ2v) is 7.34. The number of pyridine rings is 1. The van der Waals surface area contributed by atoms with Crippen molar-refractivity contribution < 1.29 is 8.42 Å². The van der Waals surface area contributed by atoms with E-state index in [2.05, 4.69) is 22.1 Å². The van der Waals surface area contributed by atoms with E-state index in [0.29, 0.717) is 24.8 Å². The van der Waals surface area contributed by atoms with Gasteiger partial charge in [-0.2, -0.15) is 4.31 Å². The molecule has 2 heterocycles. The molecule has 0 aromatic carbocycles. The summed E-state index contributed by atoms with van der Waals surface area (Å²) < 4.78 is 27.1. The van der Waals surface area contributed by atoms with E-state index >= 15 is 0 Å². The van der Waals surface area contributed by atoms with Crippen molar-refractivity contribution in [3.05, 3.63) is 18.3 Å². The summed E-state index contributed by atoms with van der Waals surface area (Å²) in [5.41, 5.74) is 0. The van der Waals surface area contributed by atoms with Gasteiger partial charge in [0.2, 0.25) is 10.0 Å². The van der Waals surface area contributed by atoms with Gasteiger partial charge in [-0.3, -0.25) is 0 Å². The maximum Gasteiger partial charge on any atom is 0.246 e. The fourth-order valence-corrected chi connectivity index (χ4v) is 4.41. The van der Waals surface area contributed by atoms with Crippen molar-refractivity contribution in [2.45, 2.75) is 17.9 Å². The summed E-state index contributed by atoms with van der Waals surface area (Å²) in [4.78, 5) is 6.41. The highest BCUT2D eigenvalue weighted by molar-refractivity contribution is 7.89. The Morgan fingerprint density at radius 2 is 2.10 bits per heavy atom. The minimum absolute atomic E-state index is 0.245. The lowest BCUT2D eigenvalue weighted by Crippen LogP contribution is -2.36. The Hall–Kier alpha value is -1.18. The fraction of sp³-hybridized carbons (Fsp3) is 0.615. The summed E-state index contributed by atoms with van der Waals surface area (Å²) in [6.45, 7) is 3.15. The molecule has 0 aliphatic carbocycles. The van der Waals surface area contributed by atoms with Gasteiger partial charge in [-0.15, -0.1) is 0 Å². The zero-order valence-electron chi connectivity index (χ0n) is 12.4. The molecular weight excluding hydrogens is 276 g/mol. The lowest BCUT2D eigenvalue weighted by molar-refractivity contribution is 0.263. The number of aromatic nitrogens is 1. The first kappa shape index (κ1) is 15.2. The molecule has 1 saturated heterocycles. The molecule has 2 atom stereocenters. The van der Waals surface area contributed by atoms with E-state index in [4.69, 9.17) is 0 Å². The van der Waals surface area contributed by atoms with E-state index in [1.54, 1.807) is 29.7 Å². The monoisotopic (exact) mass is 298 g/mol. The van der Waals surface area contributed by atoms with Gasteiger partial charge in [0.1, 0.15) is 10.7 Å². The average Bonchev–Trinajstić information content (AvgIpc) is 2.81. The van der Waals surface area contributed by atoms with E-state index < -0.39 is 10.0 Å². The summed E-state index contributed by atoms with van der Waals surface area (Å²) in [5, 5.41) is 2.84. The molecule has 0 saturated carbocycles. The second kappa shape index (κ2) is 5.67. The third-order valence-electron chi connectivity index (χ3n) is 3.83. The topological polar surface area (TPSA) is 65.5 Å². The number of likely N-dealkylation sites (N-methyl/N-ethyl adjacent to an activating group) is 1. The Kier molecular flexibility index (Phi) is 4.31. The van der Waals surface area contributed by atoms with Crippen molar-refractivity contribution >= 4 is 15.8 Å². The molecule has 7 heteroatoms. The molecule has 0 radical (unpaired) electrons. The second-order valence-electron chi connectivity index (χ2n) is 5.43. The van der Waals surface area contributed by atoms with Gasteiger partial charge in [0, 0.05) is 32.4 Å². The summed E-state index contributed by atoms with van der Waals surface area (Å²) in [7, 11) is 2.15. The lowest BCUT2D eigenvalue weighted by Gasteiger charge is -2.22. The number of anilines is 1. The van der Waals surface area contributed by atoms with E-state index in [-0.39, 0.29) is 10.9 Å². The van der Waals surface area contributed by atoms with Crippen molar-refractivity contribution in [3.63, 3.8) is 0 Å². The van der Waals surface area contributed by atoms with Crippen LogP contribution >= 0.6 is 0 Å². The number of nitrogens with zero attached hydrogens (tertiary/aromatic N) is 3. The van der Waals surface area contributed by atoms with Gasteiger partial charge < -0.3 is 10.2 Å². The van der Waals surface area contributed by atoms with E-state index in [1.165, 1.54) is 0 Å². The van der Waals surface area contributed by atoms with Gasteiger partial charge in [-0.1, -0.05) is 6.92 Å². The van der Waals surface area contributed by atoms with Crippen LogP contribution < -0.4 is 5.32 Å². The molecule has 0 bridgehead atoms. The van der Waals surface area contributed by atoms with Crippen molar-refractivity contribution in [1.82, 2.24) is 14.2 Å². The van der Waals surface area contributed by atoms with Crippen LogP contribution in [0.4, 0.5) is 5.82 Å². The first-order chi connectivity index (χ1) is 9.37. The predicted molar refractivity (Wildman–Crippen MR) is 79.2 cm³/mol. The van der Waals surface area contributed by atoms with E-state index in [1.807, 2.05) is 14.1 Å². The highest BCUT2D eigenvalue weighted by Crippen LogP contribution is 2.28. The molecule has 2 rings (SSSR count). The zero-order chi connectivity index (χ0) is 14.9. The molecule has 1 aliphatic heterocycles. The van der Waals surface area contributed by atoms with Crippen LogP contribution in [0.15, 0.2) is 23.2 Å². The van der Waals surface area contributed by atoms with Crippen LogP contribution in [0.1, 0.15) is 6.92 Å². The molecule has 0 amide bonds. The summed E-state index contributed by atoms with van der Waals surface area (Å²) in [5.74, 6) is 0.711. The van der Waals surface area contributed by atoms with Crippen LogP contribution in [0.5, 0.6) is 0 Å². The molecule has 1 fully saturated rings. The quantitative estimate of drug-likeness (QED) is 0.886. The van der Waals surface area contributed by atoms with Crippen molar-refractivity contribution in [2.75, 3.05) is 39.5 Å².